The average molecular weight is 340 g/mol. The number of esters is 1. The topological polar surface area (TPSA) is 108 Å². The Morgan fingerprint density at radius 3 is 2.46 bits per heavy atom. The van der Waals surface area contributed by atoms with Gasteiger partial charge in [-0.25, -0.2) is 14.0 Å². The van der Waals surface area contributed by atoms with Crippen LogP contribution in [0.5, 0.6) is 0 Å². The van der Waals surface area contributed by atoms with E-state index in [1.54, 1.807) is 20.8 Å². The van der Waals surface area contributed by atoms with Crippen LogP contribution in [0.1, 0.15) is 26.3 Å². The lowest BCUT2D eigenvalue weighted by molar-refractivity contribution is -0.385. The van der Waals surface area contributed by atoms with Crippen molar-refractivity contribution in [3.8, 4) is 0 Å². The highest BCUT2D eigenvalue weighted by Crippen LogP contribution is 2.21. The molecule has 0 fully saturated rings. The first-order valence-electron chi connectivity index (χ1n) is 6.85. The summed E-state index contributed by atoms with van der Waals surface area (Å²) < 4.78 is 22.8. The second kappa shape index (κ2) is 7.62. The molecule has 0 aliphatic heterocycles. The fraction of sp³-hybridized carbons (Fsp3) is 0.400. The van der Waals surface area contributed by atoms with Crippen LogP contribution in [0.15, 0.2) is 23.2 Å². The van der Waals surface area contributed by atoms with E-state index in [-0.39, 0.29) is 5.56 Å². The molecule has 0 spiro atoms. The van der Waals surface area contributed by atoms with Crippen LogP contribution < -0.4 is 0 Å². The Labute approximate surface area is 137 Å². The Morgan fingerprint density at radius 2 is 1.96 bits per heavy atom. The maximum absolute atomic E-state index is 13.4. The van der Waals surface area contributed by atoms with E-state index in [0.717, 1.165) is 25.3 Å². The summed E-state index contributed by atoms with van der Waals surface area (Å²) in [5.74, 6) is -1.70. The molecule has 0 saturated heterocycles. The van der Waals surface area contributed by atoms with Gasteiger partial charge in [-0.15, -0.1) is 0 Å². The molecule has 0 bridgehead atoms. The van der Waals surface area contributed by atoms with Crippen LogP contribution in [-0.2, 0) is 20.7 Å². The molecule has 9 heteroatoms. The van der Waals surface area contributed by atoms with Crippen LogP contribution in [0.3, 0.4) is 0 Å². The molecule has 1 aromatic rings. The van der Waals surface area contributed by atoms with E-state index in [1.165, 1.54) is 0 Å². The van der Waals surface area contributed by atoms with Gasteiger partial charge in [0, 0.05) is 18.1 Å². The molecule has 1 rings (SSSR count). The highest BCUT2D eigenvalue weighted by atomic mass is 19.1. The predicted octanol–water partition coefficient (Wildman–Crippen LogP) is 2.83. The van der Waals surface area contributed by atoms with Crippen molar-refractivity contribution in [3.05, 3.63) is 39.7 Å². The first-order chi connectivity index (χ1) is 11.0. The first-order valence-corrected chi connectivity index (χ1v) is 6.85. The van der Waals surface area contributed by atoms with Gasteiger partial charge in [-0.05, 0) is 32.9 Å². The summed E-state index contributed by atoms with van der Waals surface area (Å²) in [6.07, 6.45) is -1.51. The number of nitrogens with zero attached hydrogens (tertiary/aromatic N) is 2. The maximum atomic E-state index is 13.4. The van der Waals surface area contributed by atoms with Gasteiger partial charge in [0.1, 0.15) is 17.1 Å². The quantitative estimate of drug-likeness (QED) is 0.361. The number of halogens is 1. The van der Waals surface area contributed by atoms with Crippen LogP contribution >= 0.6 is 0 Å². The minimum Gasteiger partial charge on any atom is -0.465 e. The van der Waals surface area contributed by atoms with Crippen molar-refractivity contribution in [1.29, 1.82) is 0 Å². The number of nitro benzene ring substituents is 1. The highest BCUT2D eigenvalue weighted by Gasteiger charge is 2.23. The maximum Gasteiger partial charge on any atom is 0.434 e. The van der Waals surface area contributed by atoms with E-state index >= 15 is 0 Å². The zero-order valence-electron chi connectivity index (χ0n) is 13.7. The number of hydrogen-bond acceptors (Lipinski definition) is 6. The van der Waals surface area contributed by atoms with Crippen LogP contribution in [0.4, 0.5) is 14.9 Å². The number of amides is 1. The summed E-state index contributed by atoms with van der Waals surface area (Å²) in [5, 5.41) is 11.0. The van der Waals surface area contributed by atoms with Gasteiger partial charge in [-0.1, -0.05) is 0 Å². The molecule has 24 heavy (non-hydrogen) atoms. The predicted molar refractivity (Wildman–Crippen MR) is 82.4 cm³/mol. The van der Waals surface area contributed by atoms with E-state index < -0.39 is 46.2 Å². The largest absolute Gasteiger partial charge is 0.465 e. The fourth-order valence-corrected chi connectivity index (χ4v) is 1.72. The van der Waals surface area contributed by atoms with Crippen LogP contribution in [0.25, 0.3) is 0 Å². The van der Waals surface area contributed by atoms with Gasteiger partial charge in [-0.3, -0.25) is 10.1 Å². The number of hydrogen-bond donors (Lipinski definition) is 0. The highest BCUT2D eigenvalue weighted by molar-refractivity contribution is 6.38. The zero-order valence-corrected chi connectivity index (χ0v) is 13.7. The summed E-state index contributed by atoms with van der Waals surface area (Å²) in [7, 11) is 1.06. The van der Waals surface area contributed by atoms with E-state index in [0.29, 0.717) is 0 Å². The third-order valence-electron chi connectivity index (χ3n) is 2.64. The standard InChI is InChI=1S/C15H17FN2O6/c1-15(2,3)24-14(20)17-11(13(19)23-4)8-9-7-10(16)5-6-12(9)18(21)22/h5-7H,8H2,1-4H3. The van der Waals surface area contributed by atoms with E-state index in [1.807, 2.05) is 0 Å². The number of carbonyl (C=O) groups excluding carboxylic acids is 2. The lowest BCUT2D eigenvalue weighted by atomic mass is 10.1. The Balaban J connectivity index is 3.21. The molecule has 0 unspecified atom stereocenters. The summed E-state index contributed by atoms with van der Waals surface area (Å²) >= 11 is 0. The van der Waals surface area contributed by atoms with E-state index in [2.05, 4.69) is 9.73 Å². The minimum atomic E-state index is -1.05. The van der Waals surface area contributed by atoms with Crippen molar-refractivity contribution < 1.29 is 28.4 Å². The number of rotatable bonds is 4. The van der Waals surface area contributed by atoms with Gasteiger partial charge in [-0.2, -0.15) is 4.99 Å². The SMILES string of the molecule is COC(=O)C(Cc1cc(F)ccc1[N+](=O)[O-])=NC(=O)OC(C)(C)C. The minimum absolute atomic E-state index is 0.118. The Morgan fingerprint density at radius 1 is 1.33 bits per heavy atom. The van der Waals surface area contributed by atoms with Gasteiger partial charge < -0.3 is 9.47 Å². The number of carbonyl (C=O) groups is 2. The van der Waals surface area contributed by atoms with E-state index in [9.17, 15) is 24.1 Å². The smallest absolute Gasteiger partial charge is 0.434 e. The number of ether oxygens (including phenoxy) is 2. The normalized spacial score (nSPS) is 11.8. The van der Waals surface area contributed by atoms with Crippen molar-refractivity contribution >= 4 is 23.5 Å². The molecule has 8 nitrogen and oxygen atoms in total. The molecule has 1 aromatic carbocycles. The lowest BCUT2D eigenvalue weighted by Gasteiger charge is -2.17. The zero-order chi connectivity index (χ0) is 18.5. The van der Waals surface area contributed by atoms with Crippen molar-refractivity contribution in [2.45, 2.75) is 32.8 Å². The van der Waals surface area contributed by atoms with Crippen molar-refractivity contribution in [3.63, 3.8) is 0 Å². The Kier molecular flexibility index (Phi) is 6.10. The number of nitro groups is 1. The number of methoxy groups -OCH3 is 1. The molecular weight excluding hydrogens is 323 g/mol. The molecule has 0 radical (unpaired) electrons. The van der Waals surface area contributed by atoms with Gasteiger partial charge in [0.05, 0.1) is 12.0 Å². The number of aliphatic imine (C=N–C) groups is 1. The van der Waals surface area contributed by atoms with Crippen molar-refractivity contribution in [1.82, 2.24) is 0 Å². The monoisotopic (exact) mass is 340 g/mol. The summed E-state index contributed by atoms with van der Waals surface area (Å²) in [4.78, 5) is 37.3. The lowest BCUT2D eigenvalue weighted by Crippen LogP contribution is -2.25. The molecule has 130 valence electrons. The third-order valence-corrected chi connectivity index (χ3v) is 2.64. The second-order valence-corrected chi connectivity index (χ2v) is 5.74. The summed E-state index contributed by atoms with van der Waals surface area (Å²) in [6, 6.07) is 2.78. The van der Waals surface area contributed by atoms with Gasteiger partial charge in [0.25, 0.3) is 5.69 Å². The molecule has 0 aliphatic rings. The molecule has 0 aliphatic carbocycles. The summed E-state index contributed by atoms with van der Waals surface area (Å²) in [6.45, 7) is 4.82. The van der Waals surface area contributed by atoms with Crippen molar-refractivity contribution in [2.75, 3.05) is 7.11 Å². The van der Waals surface area contributed by atoms with E-state index in [4.69, 9.17) is 4.74 Å². The molecule has 0 N–H and O–H groups in total. The summed E-state index contributed by atoms with van der Waals surface area (Å²) in [5.41, 5.74) is -1.79. The molecule has 0 aromatic heterocycles. The van der Waals surface area contributed by atoms with Gasteiger partial charge in [0.2, 0.25) is 0 Å². The Hall–Kier alpha value is -2.84. The fourth-order valence-electron chi connectivity index (χ4n) is 1.72. The van der Waals surface area contributed by atoms with Crippen LogP contribution in [0, 0.1) is 15.9 Å². The first kappa shape index (κ1) is 19.2. The van der Waals surface area contributed by atoms with Crippen LogP contribution in [0.2, 0.25) is 0 Å². The van der Waals surface area contributed by atoms with Gasteiger partial charge >= 0.3 is 12.1 Å². The molecule has 0 heterocycles. The molecule has 1 amide bonds. The number of benzene rings is 1. The van der Waals surface area contributed by atoms with Gasteiger partial charge in [0.15, 0.2) is 0 Å². The molecular formula is C15H17FN2O6. The molecule has 0 atom stereocenters. The Bertz CT molecular complexity index is 694. The third kappa shape index (κ3) is 5.75. The van der Waals surface area contributed by atoms with Crippen molar-refractivity contribution in [2.24, 2.45) is 4.99 Å². The average Bonchev–Trinajstić information content (AvgIpc) is 2.43. The molecule has 0 saturated carbocycles. The van der Waals surface area contributed by atoms with Crippen LogP contribution in [-0.4, -0.2) is 35.4 Å². The second-order valence-electron chi connectivity index (χ2n) is 5.74.